The van der Waals surface area contributed by atoms with Crippen molar-refractivity contribution in [1.29, 1.82) is 0 Å². The van der Waals surface area contributed by atoms with Gasteiger partial charge >= 0.3 is 0 Å². The van der Waals surface area contributed by atoms with Crippen LogP contribution >= 0.6 is 0 Å². The summed E-state index contributed by atoms with van der Waals surface area (Å²) in [5.74, 6) is 10.2. The summed E-state index contributed by atoms with van der Waals surface area (Å²) in [6.45, 7) is 3.70. The Kier molecular flexibility index (Phi) is 2.59. The molecule has 6 bridgehead atoms. The van der Waals surface area contributed by atoms with Crippen molar-refractivity contribution in [2.45, 2.75) is 45.1 Å². The van der Waals surface area contributed by atoms with Gasteiger partial charge in [-0.2, -0.15) is 0 Å². The maximum Gasteiger partial charge on any atom is 0.0624 e. The molecule has 0 radical (unpaired) electrons. The number of hydrogen-bond acceptors (Lipinski definition) is 2. The van der Waals surface area contributed by atoms with Crippen LogP contribution < -0.4 is 0 Å². The van der Waals surface area contributed by atoms with Gasteiger partial charge in [0.25, 0.3) is 0 Å². The Balaban J connectivity index is 1.32. The highest BCUT2D eigenvalue weighted by molar-refractivity contribution is 5.20. The number of hydrogen-bond donors (Lipinski definition) is 1. The van der Waals surface area contributed by atoms with Crippen molar-refractivity contribution in [2.75, 3.05) is 13.2 Å². The van der Waals surface area contributed by atoms with E-state index in [-0.39, 0.29) is 6.10 Å². The van der Waals surface area contributed by atoms with Crippen LogP contribution in [0.4, 0.5) is 0 Å². The van der Waals surface area contributed by atoms with Crippen LogP contribution in [0, 0.1) is 65.1 Å². The van der Waals surface area contributed by atoms with Crippen LogP contribution in [-0.4, -0.2) is 24.4 Å². The Morgan fingerprint density at radius 1 is 0.818 bits per heavy atom. The minimum absolute atomic E-state index is 0.0470. The minimum Gasteiger partial charge on any atom is -0.392 e. The first-order valence-electron chi connectivity index (χ1n) is 10.1. The van der Waals surface area contributed by atoms with Crippen LogP contribution in [0.1, 0.15) is 39.0 Å². The Morgan fingerprint density at radius 2 is 1.45 bits per heavy atom. The highest BCUT2D eigenvalue weighted by Crippen LogP contribution is 2.77. The third kappa shape index (κ3) is 1.34. The Morgan fingerprint density at radius 3 is 2.14 bits per heavy atom. The molecule has 0 heterocycles. The monoisotopic (exact) mass is 302 g/mol. The highest BCUT2D eigenvalue weighted by Gasteiger charge is 2.72. The summed E-state index contributed by atoms with van der Waals surface area (Å²) in [6, 6.07) is 0. The van der Waals surface area contributed by atoms with Crippen LogP contribution in [0.15, 0.2) is 0 Å². The van der Waals surface area contributed by atoms with E-state index < -0.39 is 0 Å². The second-order valence-corrected chi connectivity index (χ2v) is 9.58. The molecule has 0 saturated heterocycles. The summed E-state index contributed by atoms with van der Waals surface area (Å²) in [5.41, 5.74) is 0. The molecule has 0 aromatic heterocycles. The molecule has 6 saturated carbocycles. The van der Waals surface area contributed by atoms with E-state index >= 15 is 0 Å². The number of fused-ring (bicyclic) bond motifs is 16. The lowest BCUT2D eigenvalue weighted by atomic mass is 9.58. The number of ether oxygens (including phenoxy) is 1. The van der Waals surface area contributed by atoms with Crippen molar-refractivity contribution >= 4 is 0 Å². The summed E-state index contributed by atoms with van der Waals surface area (Å²) < 4.78 is 5.75. The molecule has 0 aromatic rings. The molecule has 6 rings (SSSR count). The van der Waals surface area contributed by atoms with E-state index in [1.54, 1.807) is 19.3 Å². The molecule has 2 heteroatoms. The Hall–Kier alpha value is -0.0800. The zero-order valence-electron chi connectivity index (χ0n) is 13.7. The molecule has 6 aliphatic carbocycles. The largest absolute Gasteiger partial charge is 0.392 e. The molecule has 0 aromatic carbocycles. The molecule has 1 N–H and O–H groups in total. The Labute approximate surface area is 134 Å². The van der Waals surface area contributed by atoms with Gasteiger partial charge in [0.1, 0.15) is 0 Å². The second kappa shape index (κ2) is 4.30. The zero-order chi connectivity index (χ0) is 14.6. The predicted molar refractivity (Wildman–Crippen MR) is 84.0 cm³/mol. The first-order chi connectivity index (χ1) is 10.8. The molecule has 122 valence electrons. The van der Waals surface area contributed by atoms with Gasteiger partial charge in [0.15, 0.2) is 0 Å². The third-order valence-electron chi connectivity index (χ3n) is 9.49. The minimum atomic E-state index is -0.0470. The number of rotatable bonds is 3. The Bertz CT molecular complexity index is 490. The summed E-state index contributed by atoms with van der Waals surface area (Å²) in [6.07, 6.45) is 7.48. The van der Waals surface area contributed by atoms with E-state index in [2.05, 4.69) is 6.92 Å². The molecule has 22 heavy (non-hydrogen) atoms. The maximum absolute atomic E-state index is 10.9. The SMILES string of the molecule is CCOCC1C(O)C2CC1C1C3CC(C4C5CCC(C5)C34)C21. The maximum atomic E-state index is 10.9. The van der Waals surface area contributed by atoms with Crippen LogP contribution in [-0.2, 0) is 4.74 Å². The van der Waals surface area contributed by atoms with Gasteiger partial charge in [-0.1, -0.05) is 0 Å². The van der Waals surface area contributed by atoms with E-state index in [0.717, 1.165) is 66.5 Å². The van der Waals surface area contributed by atoms with E-state index in [1.165, 1.54) is 12.8 Å². The lowest BCUT2D eigenvalue weighted by Crippen LogP contribution is -2.47. The van der Waals surface area contributed by atoms with Crippen molar-refractivity contribution in [2.24, 2.45) is 65.1 Å². The third-order valence-corrected chi connectivity index (χ3v) is 9.49. The molecule has 2 nitrogen and oxygen atoms in total. The molecular weight excluding hydrogens is 272 g/mol. The predicted octanol–water partition coefficient (Wildman–Crippen LogP) is 3.19. The van der Waals surface area contributed by atoms with E-state index in [4.69, 9.17) is 4.74 Å². The quantitative estimate of drug-likeness (QED) is 0.811. The summed E-state index contributed by atoms with van der Waals surface area (Å²) >= 11 is 0. The van der Waals surface area contributed by atoms with E-state index in [9.17, 15) is 5.11 Å². The van der Waals surface area contributed by atoms with Crippen molar-refractivity contribution in [3.63, 3.8) is 0 Å². The van der Waals surface area contributed by atoms with Gasteiger partial charge in [0, 0.05) is 12.5 Å². The number of aliphatic hydroxyl groups excluding tert-OH is 1. The van der Waals surface area contributed by atoms with Crippen molar-refractivity contribution in [3.8, 4) is 0 Å². The topological polar surface area (TPSA) is 29.5 Å². The lowest BCUT2D eigenvalue weighted by molar-refractivity contribution is -0.0739. The van der Waals surface area contributed by atoms with Crippen LogP contribution in [0.25, 0.3) is 0 Å². The van der Waals surface area contributed by atoms with Crippen LogP contribution in [0.3, 0.4) is 0 Å². The molecule has 6 aliphatic rings. The number of aliphatic hydroxyl groups is 1. The van der Waals surface area contributed by atoms with Crippen LogP contribution in [0.5, 0.6) is 0 Å². The van der Waals surface area contributed by atoms with E-state index in [1.807, 2.05) is 0 Å². The van der Waals surface area contributed by atoms with Gasteiger partial charge in [-0.15, -0.1) is 0 Å². The van der Waals surface area contributed by atoms with Crippen molar-refractivity contribution in [3.05, 3.63) is 0 Å². The molecular formula is C20H30O2. The van der Waals surface area contributed by atoms with Gasteiger partial charge in [0.2, 0.25) is 0 Å². The summed E-state index contributed by atoms with van der Waals surface area (Å²) in [4.78, 5) is 0. The first kappa shape index (κ1) is 13.2. The average Bonchev–Trinajstić information content (AvgIpc) is 3.28. The lowest BCUT2D eigenvalue weighted by Gasteiger charge is -2.48. The standard InChI is InChI=1S/C20H30O2/c1-2-22-8-15-11-6-14(20(15)21)19-13-7-12(18(11)19)16-9-3-4-10(5-9)17(13)16/h9-21H,2-8H2,1H3. The first-order valence-corrected chi connectivity index (χ1v) is 10.1. The molecule has 0 aliphatic heterocycles. The van der Waals surface area contributed by atoms with Gasteiger partial charge < -0.3 is 9.84 Å². The molecule has 6 fully saturated rings. The van der Waals surface area contributed by atoms with Crippen LogP contribution in [0.2, 0.25) is 0 Å². The normalized spacial score (nSPS) is 66.3. The van der Waals surface area contributed by atoms with Gasteiger partial charge in [0.05, 0.1) is 12.7 Å². The molecule has 12 unspecified atom stereocenters. The molecule has 12 atom stereocenters. The smallest absolute Gasteiger partial charge is 0.0624 e. The molecule has 0 spiro atoms. The fourth-order valence-corrected chi connectivity index (χ4v) is 9.39. The summed E-state index contributed by atoms with van der Waals surface area (Å²) in [7, 11) is 0. The van der Waals surface area contributed by atoms with Crippen molar-refractivity contribution in [1.82, 2.24) is 0 Å². The molecule has 0 amide bonds. The highest BCUT2D eigenvalue weighted by atomic mass is 16.5. The fraction of sp³-hybridized carbons (Fsp3) is 1.00. The zero-order valence-corrected chi connectivity index (χ0v) is 13.7. The van der Waals surface area contributed by atoms with Gasteiger partial charge in [-0.3, -0.25) is 0 Å². The van der Waals surface area contributed by atoms with E-state index in [0.29, 0.717) is 11.8 Å². The second-order valence-electron chi connectivity index (χ2n) is 9.58. The average molecular weight is 302 g/mol. The van der Waals surface area contributed by atoms with Crippen molar-refractivity contribution < 1.29 is 9.84 Å². The van der Waals surface area contributed by atoms with Gasteiger partial charge in [-0.25, -0.2) is 0 Å². The summed E-state index contributed by atoms with van der Waals surface area (Å²) in [5, 5.41) is 10.9. The van der Waals surface area contributed by atoms with Gasteiger partial charge in [-0.05, 0) is 98.2 Å². The fourth-order valence-electron chi connectivity index (χ4n) is 9.39.